The van der Waals surface area contributed by atoms with Crippen LogP contribution >= 0.6 is 0 Å². The zero-order valence-corrected chi connectivity index (χ0v) is 22.6. The molecule has 38 heavy (non-hydrogen) atoms. The number of hydrogen-bond acceptors (Lipinski definition) is 5. The van der Waals surface area contributed by atoms with E-state index in [4.69, 9.17) is 4.74 Å². The smallest absolute Gasteiger partial charge is 0.274 e. The van der Waals surface area contributed by atoms with Gasteiger partial charge in [-0.1, -0.05) is 26.0 Å². The summed E-state index contributed by atoms with van der Waals surface area (Å²) in [7, 11) is 1.65. The molecule has 3 heterocycles. The molecule has 1 saturated heterocycles. The highest BCUT2D eigenvalue weighted by Gasteiger charge is 2.43. The number of rotatable bonds is 8. The van der Waals surface area contributed by atoms with Gasteiger partial charge in [-0.05, 0) is 72.8 Å². The standard InChI is InChI=1S/C29H38N6O3/c1-20(2)25-15-26(33-32-25)28(37)34-13-12-29(19-34)10-8-23(9-11-29)31-27(36)14-22-16-30-35(18-22)17-21-4-6-24(38-3)7-5-21/h4-7,15-16,18,20,23H,8-14,17,19H2,1-3H3,(H,31,36)(H,32,33). The van der Waals surface area contributed by atoms with Crippen LogP contribution in [0.5, 0.6) is 5.75 Å². The van der Waals surface area contributed by atoms with Crippen LogP contribution in [-0.4, -0.2) is 62.9 Å². The number of ether oxygens (including phenoxy) is 1. The van der Waals surface area contributed by atoms with Crippen LogP contribution in [0.15, 0.2) is 42.7 Å². The van der Waals surface area contributed by atoms with Crippen molar-refractivity contribution in [3.63, 3.8) is 0 Å². The molecule has 0 bridgehead atoms. The molecular weight excluding hydrogens is 480 g/mol. The lowest BCUT2D eigenvalue weighted by Crippen LogP contribution is -2.42. The lowest BCUT2D eigenvalue weighted by molar-refractivity contribution is -0.121. The fraction of sp³-hybridized carbons (Fsp3) is 0.517. The first-order chi connectivity index (χ1) is 18.3. The Morgan fingerprint density at radius 1 is 1.16 bits per heavy atom. The Morgan fingerprint density at radius 2 is 1.92 bits per heavy atom. The minimum absolute atomic E-state index is 0.0213. The molecule has 1 aliphatic carbocycles. The van der Waals surface area contributed by atoms with E-state index in [1.54, 1.807) is 13.3 Å². The lowest BCUT2D eigenvalue weighted by Gasteiger charge is -2.37. The SMILES string of the molecule is COc1ccc(Cn2cc(CC(=O)NC3CCC4(CC3)CCN(C(=O)c3cc(C(C)C)[nH]n3)C4)cn2)cc1. The number of nitrogens with one attached hydrogen (secondary N) is 2. The largest absolute Gasteiger partial charge is 0.497 e. The van der Waals surface area contributed by atoms with E-state index in [1.165, 1.54) is 0 Å². The Hall–Kier alpha value is -3.62. The summed E-state index contributed by atoms with van der Waals surface area (Å²) in [4.78, 5) is 27.7. The molecule has 202 valence electrons. The van der Waals surface area contributed by atoms with E-state index in [-0.39, 0.29) is 23.3 Å². The zero-order chi connectivity index (χ0) is 26.7. The summed E-state index contributed by atoms with van der Waals surface area (Å²) in [6.45, 7) is 6.38. The average Bonchev–Trinajstić information content (AvgIpc) is 3.67. The van der Waals surface area contributed by atoms with Gasteiger partial charge in [0, 0.05) is 31.0 Å². The number of aromatic amines is 1. The summed E-state index contributed by atoms with van der Waals surface area (Å²) < 4.78 is 7.06. The number of benzene rings is 1. The summed E-state index contributed by atoms with van der Waals surface area (Å²) in [5.41, 5.74) is 3.70. The maximum atomic E-state index is 13.0. The number of amides is 2. The molecule has 0 atom stereocenters. The molecular formula is C29H38N6O3. The molecule has 2 N–H and O–H groups in total. The van der Waals surface area contributed by atoms with Crippen molar-refractivity contribution in [1.29, 1.82) is 0 Å². The van der Waals surface area contributed by atoms with E-state index in [1.807, 2.05) is 46.1 Å². The van der Waals surface area contributed by atoms with Gasteiger partial charge in [-0.15, -0.1) is 0 Å². The van der Waals surface area contributed by atoms with Gasteiger partial charge in [0.1, 0.15) is 11.4 Å². The van der Waals surface area contributed by atoms with Crippen LogP contribution in [0.3, 0.4) is 0 Å². The minimum atomic E-state index is 0.0213. The molecule has 9 heteroatoms. The predicted octanol–water partition coefficient (Wildman–Crippen LogP) is 3.92. The number of aromatic nitrogens is 4. The van der Waals surface area contributed by atoms with Crippen LogP contribution in [0.25, 0.3) is 0 Å². The van der Waals surface area contributed by atoms with E-state index in [2.05, 4.69) is 34.5 Å². The van der Waals surface area contributed by atoms with Crippen molar-refractivity contribution in [3.05, 3.63) is 65.2 Å². The summed E-state index contributed by atoms with van der Waals surface area (Å²) >= 11 is 0. The highest BCUT2D eigenvalue weighted by Crippen LogP contribution is 2.44. The number of carbonyl (C=O) groups excluding carboxylic acids is 2. The van der Waals surface area contributed by atoms with E-state index in [0.29, 0.717) is 24.6 Å². The van der Waals surface area contributed by atoms with E-state index < -0.39 is 0 Å². The summed E-state index contributed by atoms with van der Waals surface area (Å²) in [5, 5.41) is 14.9. The topological polar surface area (TPSA) is 105 Å². The fourth-order valence-corrected chi connectivity index (χ4v) is 5.76. The fourth-order valence-electron chi connectivity index (χ4n) is 5.76. The first-order valence-corrected chi connectivity index (χ1v) is 13.6. The molecule has 1 spiro atoms. The molecule has 2 fully saturated rings. The van der Waals surface area contributed by atoms with Crippen molar-refractivity contribution in [3.8, 4) is 5.75 Å². The van der Waals surface area contributed by atoms with Crippen LogP contribution in [0, 0.1) is 5.41 Å². The highest BCUT2D eigenvalue weighted by molar-refractivity contribution is 5.92. The number of carbonyl (C=O) groups is 2. The second-order valence-corrected chi connectivity index (χ2v) is 11.3. The minimum Gasteiger partial charge on any atom is -0.497 e. The van der Waals surface area contributed by atoms with Crippen LogP contribution in [0.1, 0.15) is 79.2 Å². The van der Waals surface area contributed by atoms with E-state index >= 15 is 0 Å². The van der Waals surface area contributed by atoms with Crippen molar-refractivity contribution in [2.24, 2.45) is 5.41 Å². The number of hydrogen-bond donors (Lipinski definition) is 2. The van der Waals surface area contributed by atoms with Gasteiger partial charge >= 0.3 is 0 Å². The number of methoxy groups -OCH3 is 1. The Bertz CT molecular complexity index is 1250. The van der Waals surface area contributed by atoms with Gasteiger partial charge in [0.2, 0.25) is 5.91 Å². The highest BCUT2D eigenvalue weighted by atomic mass is 16.5. The number of nitrogens with zero attached hydrogens (tertiary/aromatic N) is 4. The van der Waals surface area contributed by atoms with Crippen molar-refractivity contribution >= 4 is 11.8 Å². The molecule has 9 nitrogen and oxygen atoms in total. The molecule has 2 amide bonds. The summed E-state index contributed by atoms with van der Waals surface area (Å²) in [6.07, 6.45) is 9.01. The zero-order valence-electron chi connectivity index (χ0n) is 22.6. The van der Waals surface area contributed by atoms with E-state index in [0.717, 1.165) is 67.8 Å². The van der Waals surface area contributed by atoms with Crippen LogP contribution < -0.4 is 10.1 Å². The van der Waals surface area contributed by atoms with Gasteiger partial charge in [0.05, 0.1) is 26.3 Å². The number of H-pyrrole nitrogens is 1. The van der Waals surface area contributed by atoms with Crippen LogP contribution in [0.2, 0.25) is 0 Å². The van der Waals surface area contributed by atoms with Crippen molar-refractivity contribution in [1.82, 2.24) is 30.2 Å². The molecule has 3 aromatic rings. The Labute approximate surface area is 223 Å². The lowest BCUT2D eigenvalue weighted by atomic mass is 9.72. The molecule has 2 aliphatic rings. The second kappa shape index (κ2) is 11.0. The van der Waals surface area contributed by atoms with Crippen LogP contribution in [0.4, 0.5) is 0 Å². The Morgan fingerprint density at radius 3 is 2.61 bits per heavy atom. The molecule has 2 aromatic heterocycles. The monoisotopic (exact) mass is 518 g/mol. The van der Waals surface area contributed by atoms with Gasteiger partial charge in [0.15, 0.2) is 0 Å². The van der Waals surface area contributed by atoms with Gasteiger partial charge in [-0.25, -0.2) is 0 Å². The molecule has 1 aliphatic heterocycles. The summed E-state index contributed by atoms with van der Waals surface area (Å²) in [5.74, 6) is 1.20. The quantitative estimate of drug-likeness (QED) is 0.470. The third kappa shape index (κ3) is 5.92. The maximum Gasteiger partial charge on any atom is 0.274 e. The van der Waals surface area contributed by atoms with Gasteiger partial charge in [-0.3, -0.25) is 19.4 Å². The van der Waals surface area contributed by atoms with Gasteiger partial charge < -0.3 is 15.0 Å². The van der Waals surface area contributed by atoms with Crippen molar-refractivity contribution in [2.75, 3.05) is 20.2 Å². The third-order valence-corrected chi connectivity index (χ3v) is 8.13. The van der Waals surface area contributed by atoms with E-state index in [9.17, 15) is 9.59 Å². The van der Waals surface area contributed by atoms with Crippen LogP contribution in [-0.2, 0) is 17.8 Å². The predicted molar refractivity (Wildman–Crippen MR) is 144 cm³/mol. The molecule has 0 unspecified atom stereocenters. The third-order valence-electron chi connectivity index (χ3n) is 8.13. The average molecular weight is 519 g/mol. The van der Waals surface area contributed by atoms with Crippen molar-refractivity contribution in [2.45, 2.75) is 70.9 Å². The summed E-state index contributed by atoms with van der Waals surface area (Å²) in [6, 6.07) is 9.97. The van der Waals surface area contributed by atoms with Gasteiger partial charge in [-0.2, -0.15) is 10.2 Å². The normalized spacial score (nSPS) is 21.3. The van der Waals surface area contributed by atoms with Gasteiger partial charge in [0.25, 0.3) is 5.91 Å². The Kier molecular flexibility index (Phi) is 7.53. The molecule has 5 rings (SSSR count). The molecule has 0 radical (unpaired) electrons. The van der Waals surface area contributed by atoms with Crippen molar-refractivity contribution < 1.29 is 14.3 Å². The Balaban J connectivity index is 1.07. The second-order valence-electron chi connectivity index (χ2n) is 11.3. The molecule has 1 aromatic carbocycles. The maximum absolute atomic E-state index is 13.0. The first-order valence-electron chi connectivity index (χ1n) is 13.6. The first kappa shape index (κ1) is 26.0. The number of likely N-dealkylation sites (tertiary alicyclic amines) is 1. The molecule has 1 saturated carbocycles.